The molecule has 0 bridgehead atoms. The van der Waals surface area contributed by atoms with Gasteiger partial charge in [0, 0.05) is 5.02 Å². The first-order valence-electron chi connectivity index (χ1n) is 7.31. The van der Waals surface area contributed by atoms with Crippen LogP contribution in [0, 0.1) is 0 Å². The average Bonchev–Trinajstić information content (AvgIpc) is 2.61. The molecule has 2 aromatic rings. The van der Waals surface area contributed by atoms with Crippen molar-refractivity contribution in [2.75, 3.05) is 14.2 Å². The summed E-state index contributed by atoms with van der Waals surface area (Å²) in [5, 5.41) is 3.42. The fourth-order valence-corrected chi connectivity index (χ4v) is 2.39. The Kier molecular flexibility index (Phi) is 6.21. The topological polar surface area (TPSA) is 64.6 Å². The van der Waals surface area contributed by atoms with Crippen LogP contribution >= 0.6 is 11.6 Å². The third-order valence-corrected chi connectivity index (χ3v) is 3.78. The van der Waals surface area contributed by atoms with Crippen molar-refractivity contribution >= 4 is 23.5 Å². The molecule has 0 aliphatic carbocycles. The van der Waals surface area contributed by atoms with Gasteiger partial charge in [0.2, 0.25) is 0 Å². The Hall–Kier alpha value is -2.53. The van der Waals surface area contributed by atoms with Crippen LogP contribution in [0.3, 0.4) is 0 Å². The quantitative estimate of drug-likeness (QED) is 0.813. The second-order valence-electron chi connectivity index (χ2n) is 5.06. The number of rotatable bonds is 6. The van der Waals surface area contributed by atoms with Gasteiger partial charge in [-0.15, -0.1) is 0 Å². The molecule has 0 fully saturated rings. The van der Waals surface area contributed by atoms with Gasteiger partial charge in [0.1, 0.15) is 5.75 Å². The molecule has 2 aromatic carbocycles. The molecule has 0 aliphatic heterocycles. The fourth-order valence-electron chi connectivity index (χ4n) is 2.27. The minimum absolute atomic E-state index is 0.0129. The number of esters is 1. The molecule has 24 heavy (non-hydrogen) atoms. The Morgan fingerprint density at radius 3 is 2.38 bits per heavy atom. The standard InChI is InChI=1S/C18H18ClNO4/c1-23-16-6-4-3-5-14(16)18(22)20-15(11-17(21)24-2)12-7-9-13(19)10-8-12/h3-10,15H,11H2,1-2H3,(H,20,22)/t15-/m0/s1. The van der Waals surface area contributed by atoms with E-state index in [-0.39, 0.29) is 12.3 Å². The summed E-state index contributed by atoms with van der Waals surface area (Å²) in [6.45, 7) is 0. The first kappa shape index (κ1) is 17.8. The number of hydrogen-bond acceptors (Lipinski definition) is 4. The van der Waals surface area contributed by atoms with Crippen LogP contribution < -0.4 is 10.1 Å². The molecule has 5 nitrogen and oxygen atoms in total. The van der Waals surface area contributed by atoms with Crippen molar-refractivity contribution in [2.45, 2.75) is 12.5 Å². The highest BCUT2D eigenvalue weighted by Gasteiger charge is 2.21. The number of benzene rings is 2. The van der Waals surface area contributed by atoms with Crippen LogP contribution in [0.5, 0.6) is 5.75 Å². The predicted octanol–water partition coefficient (Wildman–Crippen LogP) is 3.38. The van der Waals surface area contributed by atoms with E-state index in [0.29, 0.717) is 16.3 Å². The number of carbonyl (C=O) groups excluding carboxylic acids is 2. The maximum Gasteiger partial charge on any atom is 0.307 e. The fraction of sp³-hybridized carbons (Fsp3) is 0.222. The Morgan fingerprint density at radius 1 is 1.08 bits per heavy atom. The number of carbonyl (C=O) groups is 2. The summed E-state index contributed by atoms with van der Waals surface area (Å²) in [6.07, 6.45) is 0.0129. The zero-order valence-electron chi connectivity index (χ0n) is 13.4. The molecule has 0 heterocycles. The molecule has 0 saturated heterocycles. The number of nitrogens with one attached hydrogen (secondary N) is 1. The second kappa shape index (κ2) is 8.36. The number of ether oxygens (including phenoxy) is 2. The monoisotopic (exact) mass is 347 g/mol. The van der Waals surface area contributed by atoms with E-state index in [1.807, 2.05) is 0 Å². The van der Waals surface area contributed by atoms with Crippen molar-refractivity contribution in [1.29, 1.82) is 0 Å². The maximum absolute atomic E-state index is 12.6. The zero-order valence-corrected chi connectivity index (χ0v) is 14.2. The molecule has 0 radical (unpaired) electrons. The van der Waals surface area contributed by atoms with Crippen molar-refractivity contribution in [1.82, 2.24) is 5.32 Å². The highest BCUT2D eigenvalue weighted by molar-refractivity contribution is 6.30. The molecule has 1 amide bonds. The minimum Gasteiger partial charge on any atom is -0.496 e. The Bertz CT molecular complexity index is 715. The summed E-state index contributed by atoms with van der Waals surface area (Å²) in [6, 6.07) is 13.3. The van der Waals surface area contributed by atoms with Crippen molar-refractivity contribution in [3.8, 4) is 5.75 Å². The molecule has 0 spiro atoms. The third-order valence-electron chi connectivity index (χ3n) is 3.53. The van der Waals surface area contributed by atoms with E-state index in [9.17, 15) is 9.59 Å². The maximum atomic E-state index is 12.6. The van der Waals surface area contributed by atoms with Crippen LogP contribution in [-0.4, -0.2) is 26.1 Å². The predicted molar refractivity (Wildman–Crippen MR) is 91.3 cm³/mol. The highest BCUT2D eigenvalue weighted by atomic mass is 35.5. The largest absolute Gasteiger partial charge is 0.496 e. The molecule has 0 saturated carbocycles. The molecular weight excluding hydrogens is 330 g/mol. The summed E-state index contributed by atoms with van der Waals surface area (Å²) in [4.78, 5) is 24.3. The van der Waals surface area contributed by atoms with Crippen molar-refractivity contribution in [2.24, 2.45) is 0 Å². The van der Waals surface area contributed by atoms with Gasteiger partial charge in [-0.1, -0.05) is 35.9 Å². The third kappa shape index (κ3) is 4.49. The van der Waals surface area contributed by atoms with Crippen molar-refractivity contribution < 1.29 is 19.1 Å². The summed E-state index contributed by atoms with van der Waals surface area (Å²) >= 11 is 5.90. The van der Waals surface area contributed by atoms with Gasteiger partial charge in [-0.25, -0.2) is 0 Å². The van der Waals surface area contributed by atoms with E-state index >= 15 is 0 Å². The van der Waals surface area contributed by atoms with E-state index in [2.05, 4.69) is 5.32 Å². The van der Waals surface area contributed by atoms with E-state index in [4.69, 9.17) is 21.1 Å². The molecule has 1 N–H and O–H groups in total. The van der Waals surface area contributed by atoms with Crippen LogP contribution in [0.1, 0.15) is 28.4 Å². The lowest BCUT2D eigenvalue weighted by Gasteiger charge is -2.19. The normalized spacial score (nSPS) is 11.5. The smallest absolute Gasteiger partial charge is 0.307 e. The minimum atomic E-state index is -0.535. The first-order chi connectivity index (χ1) is 11.5. The lowest BCUT2D eigenvalue weighted by Crippen LogP contribution is -2.30. The SMILES string of the molecule is COC(=O)C[C@H](NC(=O)c1ccccc1OC)c1ccc(Cl)cc1. The molecular formula is C18H18ClNO4. The molecule has 126 valence electrons. The molecule has 1 atom stereocenters. The van der Waals surface area contributed by atoms with Crippen LogP contribution in [0.2, 0.25) is 5.02 Å². The molecule has 0 aliphatic rings. The Balaban J connectivity index is 2.25. The van der Waals surface area contributed by atoms with Gasteiger partial charge in [0.15, 0.2) is 0 Å². The van der Waals surface area contributed by atoms with Gasteiger partial charge in [-0.2, -0.15) is 0 Å². The van der Waals surface area contributed by atoms with Crippen LogP contribution in [0.15, 0.2) is 48.5 Å². The zero-order chi connectivity index (χ0) is 17.5. The van der Waals surface area contributed by atoms with Crippen LogP contribution in [-0.2, 0) is 9.53 Å². The van der Waals surface area contributed by atoms with Gasteiger partial charge in [-0.3, -0.25) is 9.59 Å². The number of methoxy groups -OCH3 is 2. The first-order valence-corrected chi connectivity index (χ1v) is 7.69. The number of amides is 1. The van der Waals surface area contributed by atoms with E-state index in [1.54, 1.807) is 48.5 Å². The highest BCUT2D eigenvalue weighted by Crippen LogP contribution is 2.23. The van der Waals surface area contributed by atoms with Crippen molar-refractivity contribution in [3.05, 3.63) is 64.7 Å². The van der Waals surface area contributed by atoms with Gasteiger partial charge in [0.25, 0.3) is 5.91 Å². The lowest BCUT2D eigenvalue weighted by molar-refractivity contribution is -0.141. The molecule has 0 aromatic heterocycles. The van der Waals surface area contributed by atoms with Gasteiger partial charge >= 0.3 is 5.97 Å². The number of hydrogen-bond donors (Lipinski definition) is 1. The summed E-state index contributed by atoms with van der Waals surface area (Å²) in [7, 11) is 2.81. The van der Waals surface area contributed by atoms with Gasteiger partial charge in [0.05, 0.1) is 32.2 Å². The summed E-state index contributed by atoms with van der Waals surface area (Å²) < 4.78 is 9.92. The van der Waals surface area contributed by atoms with E-state index in [0.717, 1.165) is 5.56 Å². The second-order valence-corrected chi connectivity index (χ2v) is 5.49. The van der Waals surface area contributed by atoms with E-state index in [1.165, 1.54) is 14.2 Å². The Morgan fingerprint density at radius 2 is 1.75 bits per heavy atom. The van der Waals surface area contributed by atoms with Gasteiger partial charge in [-0.05, 0) is 29.8 Å². The number of para-hydroxylation sites is 1. The van der Waals surface area contributed by atoms with E-state index < -0.39 is 12.0 Å². The van der Waals surface area contributed by atoms with Crippen LogP contribution in [0.25, 0.3) is 0 Å². The average molecular weight is 348 g/mol. The summed E-state index contributed by atoms with van der Waals surface area (Å²) in [5.41, 5.74) is 1.15. The molecule has 2 rings (SSSR count). The summed E-state index contributed by atoms with van der Waals surface area (Å²) in [5.74, 6) is -0.297. The van der Waals surface area contributed by atoms with Crippen LogP contribution in [0.4, 0.5) is 0 Å². The number of halogens is 1. The molecule has 0 unspecified atom stereocenters. The Labute approximate surface area is 145 Å². The lowest BCUT2D eigenvalue weighted by atomic mass is 10.0. The van der Waals surface area contributed by atoms with Gasteiger partial charge < -0.3 is 14.8 Å². The van der Waals surface area contributed by atoms with Crippen molar-refractivity contribution in [3.63, 3.8) is 0 Å². The molecule has 6 heteroatoms.